The predicted molar refractivity (Wildman–Crippen MR) is 97.4 cm³/mol. The number of ether oxygens (including phenoxy) is 1. The first-order valence-electron chi connectivity index (χ1n) is 8.89. The quantitative estimate of drug-likeness (QED) is 0.484. The minimum atomic E-state index is -4.66. The van der Waals surface area contributed by atoms with E-state index in [4.69, 9.17) is 4.74 Å². The lowest BCUT2D eigenvalue weighted by atomic mass is 10.0. The Morgan fingerprint density at radius 1 is 1.20 bits per heavy atom. The van der Waals surface area contributed by atoms with Gasteiger partial charge >= 0.3 is 12.1 Å². The number of hydrogen-bond acceptors (Lipinski definition) is 5. The minimum Gasteiger partial charge on any atom is -0.462 e. The molecule has 0 saturated heterocycles. The fourth-order valence-corrected chi connectivity index (χ4v) is 2.94. The number of carbonyl (C=O) groups is 1. The van der Waals surface area contributed by atoms with E-state index in [1.807, 2.05) is 0 Å². The fraction of sp³-hybridized carbons (Fsp3) is 0.250. The number of halogens is 4. The van der Waals surface area contributed by atoms with E-state index in [2.05, 4.69) is 10.1 Å². The van der Waals surface area contributed by atoms with Crippen LogP contribution in [0.2, 0.25) is 0 Å². The van der Waals surface area contributed by atoms with Crippen molar-refractivity contribution in [3.63, 3.8) is 0 Å². The van der Waals surface area contributed by atoms with E-state index < -0.39 is 30.1 Å². The summed E-state index contributed by atoms with van der Waals surface area (Å²) in [7, 11) is 0. The van der Waals surface area contributed by atoms with Crippen LogP contribution < -0.4 is 0 Å². The number of benzene rings is 1. The second-order valence-electron chi connectivity index (χ2n) is 6.34. The van der Waals surface area contributed by atoms with Crippen molar-refractivity contribution >= 4 is 5.97 Å². The highest BCUT2D eigenvalue weighted by atomic mass is 19.4. The number of aromatic nitrogens is 3. The molecule has 0 atom stereocenters. The van der Waals surface area contributed by atoms with E-state index in [0.717, 1.165) is 12.1 Å². The van der Waals surface area contributed by atoms with Gasteiger partial charge in [-0.1, -0.05) is 0 Å². The van der Waals surface area contributed by atoms with Gasteiger partial charge in [-0.05, 0) is 54.8 Å². The minimum absolute atomic E-state index is 0.0107. The molecule has 0 bridgehead atoms. The van der Waals surface area contributed by atoms with Crippen molar-refractivity contribution < 1.29 is 32.2 Å². The van der Waals surface area contributed by atoms with Crippen LogP contribution in [0.5, 0.6) is 0 Å². The number of alkyl halides is 3. The second-order valence-corrected chi connectivity index (χ2v) is 6.34. The molecule has 3 aromatic rings. The van der Waals surface area contributed by atoms with Crippen LogP contribution in [0, 0.1) is 5.82 Å². The van der Waals surface area contributed by atoms with E-state index in [-0.39, 0.29) is 35.7 Å². The zero-order valence-electron chi connectivity index (χ0n) is 15.8. The van der Waals surface area contributed by atoms with Gasteiger partial charge in [0.2, 0.25) is 0 Å². The second kappa shape index (κ2) is 8.62. The lowest BCUT2D eigenvalue weighted by Gasteiger charge is -2.11. The molecule has 1 N–H and O–H groups in total. The van der Waals surface area contributed by atoms with Crippen molar-refractivity contribution in [2.75, 3.05) is 6.61 Å². The summed E-state index contributed by atoms with van der Waals surface area (Å²) in [5.74, 6) is -1.40. The van der Waals surface area contributed by atoms with Crippen LogP contribution in [0.3, 0.4) is 0 Å². The summed E-state index contributed by atoms with van der Waals surface area (Å²) in [4.78, 5) is 16.1. The Hall–Kier alpha value is -3.27. The summed E-state index contributed by atoms with van der Waals surface area (Å²) >= 11 is 0. The molecule has 30 heavy (non-hydrogen) atoms. The highest BCUT2D eigenvalue weighted by Gasteiger charge is 2.31. The number of carbonyl (C=O) groups excluding carboxylic acids is 1. The molecule has 6 nitrogen and oxygen atoms in total. The normalized spacial score (nSPS) is 11.5. The maximum Gasteiger partial charge on any atom is 0.416 e. The Bertz CT molecular complexity index is 1060. The van der Waals surface area contributed by atoms with Crippen LogP contribution >= 0.6 is 0 Å². The first-order chi connectivity index (χ1) is 14.2. The smallest absolute Gasteiger partial charge is 0.416 e. The molecule has 3 rings (SSSR count). The molecule has 0 aliphatic heterocycles. The van der Waals surface area contributed by atoms with E-state index >= 15 is 0 Å². The third kappa shape index (κ3) is 4.65. The number of hydrogen-bond donors (Lipinski definition) is 1. The summed E-state index contributed by atoms with van der Waals surface area (Å²) in [6, 6.07) is 5.45. The predicted octanol–water partition coefficient (Wildman–Crippen LogP) is 3.69. The number of rotatable bonds is 6. The molecule has 2 aromatic heterocycles. The van der Waals surface area contributed by atoms with Crippen molar-refractivity contribution in [2.24, 2.45) is 0 Å². The average Bonchev–Trinajstić information content (AvgIpc) is 3.11. The van der Waals surface area contributed by atoms with Crippen molar-refractivity contribution in [1.82, 2.24) is 14.8 Å². The van der Waals surface area contributed by atoms with Gasteiger partial charge in [0.15, 0.2) is 5.82 Å². The molecule has 2 heterocycles. The third-order valence-electron chi connectivity index (χ3n) is 4.23. The largest absolute Gasteiger partial charge is 0.462 e. The molecule has 0 aliphatic rings. The Kier molecular flexibility index (Phi) is 6.16. The van der Waals surface area contributed by atoms with E-state index in [0.29, 0.717) is 11.6 Å². The summed E-state index contributed by atoms with van der Waals surface area (Å²) in [5, 5.41) is 13.7. The van der Waals surface area contributed by atoms with Crippen molar-refractivity contribution in [3.8, 4) is 5.82 Å². The molecule has 0 aliphatic carbocycles. The van der Waals surface area contributed by atoms with E-state index in [1.54, 1.807) is 13.0 Å². The van der Waals surface area contributed by atoms with Gasteiger partial charge in [0, 0.05) is 6.20 Å². The van der Waals surface area contributed by atoms with Crippen molar-refractivity contribution in [1.29, 1.82) is 0 Å². The molecule has 0 unspecified atom stereocenters. The maximum absolute atomic E-state index is 13.6. The third-order valence-corrected chi connectivity index (χ3v) is 4.23. The van der Waals surface area contributed by atoms with Gasteiger partial charge < -0.3 is 9.84 Å². The number of aliphatic hydroxyl groups is 1. The van der Waals surface area contributed by atoms with E-state index in [1.165, 1.54) is 23.1 Å². The summed E-state index contributed by atoms with van der Waals surface area (Å²) in [5.41, 5.74) is -0.166. The van der Waals surface area contributed by atoms with Gasteiger partial charge in [0.05, 0.1) is 30.7 Å². The van der Waals surface area contributed by atoms with Crippen LogP contribution in [-0.2, 0) is 23.9 Å². The van der Waals surface area contributed by atoms with Gasteiger partial charge in [-0.2, -0.15) is 18.3 Å². The van der Waals surface area contributed by atoms with Crippen LogP contribution in [0.15, 0.2) is 42.7 Å². The lowest BCUT2D eigenvalue weighted by Crippen LogP contribution is -2.10. The maximum atomic E-state index is 13.6. The van der Waals surface area contributed by atoms with Gasteiger partial charge in [0.25, 0.3) is 0 Å². The number of pyridine rings is 1. The number of esters is 1. The molecular formula is C20H17F4N3O3. The monoisotopic (exact) mass is 423 g/mol. The van der Waals surface area contributed by atoms with Crippen LogP contribution in [0.1, 0.15) is 39.7 Å². The van der Waals surface area contributed by atoms with Crippen LogP contribution in [0.4, 0.5) is 17.6 Å². The summed E-state index contributed by atoms with van der Waals surface area (Å²) < 4.78 is 58.6. The van der Waals surface area contributed by atoms with Gasteiger partial charge in [0.1, 0.15) is 11.4 Å². The summed E-state index contributed by atoms with van der Waals surface area (Å²) in [6.07, 6.45) is -2.01. The molecule has 10 heteroatoms. The zero-order valence-corrected chi connectivity index (χ0v) is 15.8. The zero-order chi connectivity index (χ0) is 21.9. The van der Waals surface area contributed by atoms with E-state index in [9.17, 15) is 27.5 Å². The Morgan fingerprint density at radius 2 is 1.97 bits per heavy atom. The molecule has 0 spiro atoms. The number of nitrogens with zero attached hydrogens (tertiary/aromatic N) is 3. The fourth-order valence-electron chi connectivity index (χ4n) is 2.94. The van der Waals surface area contributed by atoms with Gasteiger partial charge in [-0.15, -0.1) is 0 Å². The van der Waals surface area contributed by atoms with Gasteiger partial charge in [-0.25, -0.2) is 18.9 Å². The van der Waals surface area contributed by atoms with Crippen LogP contribution in [0.25, 0.3) is 5.82 Å². The van der Waals surface area contributed by atoms with Crippen LogP contribution in [-0.4, -0.2) is 32.4 Å². The Balaban J connectivity index is 1.93. The Morgan fingerprint density at radius 3 is 2.63 bits per heavy atom. The summed E-state index contributed by atoms with van der Waals surface area (Å²) in [6.45, 7) is 1.28. The molecule has 0 radical (unpaired) electrons. The average molecular weight is 423 g/mol. The molecule has 158 valence electrons. The lowest BCUT2D eigenvalue weighted by molar-refractivity contribution is -0.137. The number of aliphatic hydroxyl groups excluding tert-OH is 1. The first-order valence-corrected chi connectivity index (χ1v) is 8.89. The standard InChI is InChI=1S/C20H17F4N3O3/c1-2-30-19(29)16-10-26-27(17(16)11-28)18-8-12(3-4-25-18)5-13-6-14(20(22,23)24)9-15(21)7-13/h3-4,6-10,28H,2,5,11H2,1H3. The highest BCUT2D eigenvalue weighted by molar-refractivity contribution is 5.90. The van der Waals surface area contributed by atoms with Gasteiger partial charge in [-0.3, -0.25) is 0 Å². The first kappa shape index (κ1) is 21.4. The highest BCUT2D eigenvalue weighted by Crippen LogP contribution is 2.31. The van der Waals surface area contributed by atoms with Crippen molar-refractivity contribution in [2.45, 2.75) is 26.1 Å². The molecule has 0 amide bonds. The molecule has 0 fully saturated rings. The molecule has 1 aromatic carbocycles. The molecule has 0 saturated carbocycles. The topological polar surface area (TPSA) is 77.2 Å². The Labute approximate surface area is 168 Å². The van der Waals surface area contributed by atoms with Crippen molar-refractivity contribution in [3.05, 3.63) is 76.5 Å². The SMILES string of the molecule is CCOC(=O)c1cnn(-c2cc(Cc3cc(F)cc(C(F)(F)F)c3)ccn2)c1CO. The molecular weight excluding hydrogens is 406 g/mol.